The Hall–Kier alpha value is -1.44. The smallest absolute Gasteiger partial charge is 0.260 e. The molecule has 20 heavy (non-hydrogen) atoms. The quantitative estimate of drug-likeness (QED) is 0.857. The Bertz CT molecular complexity index is 654. The van der Waals surface area contributed by atoms with Gasteiger partial charge < -0.3 is 5.32 Å². The van der Waals surface area contributed by atoms with E-state index in [4.69, 9.17) is 0 Å². The molecule has 0 aliphatic carbocycles. The Kier molecular flexibility index (Phi) is 4.74. The highest BCUT2D eigenvalue weighted by Gasteiger charge is 2.22. The van der Waals surface area contributed by atoms with E-state index in [1.54, 1.807) is 30.5 Å². The van der Waals surface area contributed by atoms with Crippen LogP contribution in [0.2, 0.25) is 0 Å². The number of hydrogen-bond acceptors (Lipinski definition) is 5. The maximum absolute atomic E-state index is 12.3. The molecule has 2 rings (SSSR count). The third-order valence-electron chi connectivity index (χ3n) is 2.77. The average molecular weight is 311 g/mol. The van der Waals surface area contributed by atoms with Crippen LogP contribution >= 0.6 is 11.3 Å². The van der Waals surface area contributed by atoms with Crippen LogP contribution in [0.5, 0.6) is 0 Å². The van der Waals surface area contributed by atoms with Gasteiger partial charge >= 0.3 is 0 Å². The number of rotatable bonds is 6. The van der Waals surface area contributed by atoms with E-state index in [0.29, 0.717) is 12.1 Å². The molecule has 0 saturated heterocycles. The summed E-state index contributed by atoms with van der Waals surface area (Å²) >= 11 is 1.60. The number of sulfonamides is 1. The number of thiophene rings is 1. The number of anilines is 1. The molecule has 0 amide bonds. The number of nitrogens with one attached hydrogen (secondary N) is 2. The molecule has 5 nitrogen and oxygen atoms in total. The molecule has 7 heteroatoms. The van der Waals surface area contributed by atoms with E-state index < -0.39 is 10.0 Å². The van der Waals surface area contributed by atoms with Crippen LogP contribution < -0.4 is 10.0 Å². The van der Waals surface area contributed by atoms with Gasteiger partial charge in [0.25, 0.3) is 10.0 Å². The van der Waals surface area contributed by atoms with Gasteiger partial charge in [-0.15, -0.1) is 0 Å². The number of hydrogen-bond donors (Lipinski definition) is 2. The minimum absolute atomic E-state index is 0.0275. The van der Waals surface area contributed by atoms with Crippen LogP contribution in [0, 0.1) is 0 Å². The fraction of sp³-hybridized carbons (Fsp3) is 0.308. The lowest BCUT2D eigenvalue weighted by Gasteiger charge is -2.15. The summed E-state index contributed by atoms with van der Waals surface area (Å²) < 4.78 is 27.3. The second-order valence-corrected chi connectivity index (χ2v) is 6.87. The van der Waals surface area contributed by atoms with Crippen molar-refractivity contribution in [1.82, 2.24) is 9.71 Å². The van der Waals surface area contributed by atoms with Crippen LogP contribution in [0.1, 0.15) is 12.5 Å². The molecule has 2 N–H and O–H groups in total. The molecule has 0 bridgehead atoms. The molecule has 0 radical (unpaired) electrons. The molecule has 2 aromatic heterocycles. The molecule has 0 aliphatic rings. The number of nitrogens with zero attached hydrogens (tertiary/aromatic N) is 1. The molecule has 0 aromatic carbocycles. The van der Waals surface area contributed by atoms with Crippen molar-refractivity contribution in [2.45, 2.75) is 24.4 Å². The number of aromatic nitrogens is 1. The zero-order chi connectivity index (χ0) is 14.6. The van der Waals surface area contributed by atoms with Crippen molar-refractivity contribution in [3.05, 3.63) is 40.7 Å². The van der Waals surface area contributed by atoms with Gasteiger partial charge in [-0.3, -0.25) is 0 Å². The van der Waals surface area contributed by atoms with Crippen LogP contribution in [0.4, 0.5) is 5.69 Å². The van der Waals surface area contributed by atoms with Crippen LogP contribution in [-0.4, -0.2) is 26.5 Å². The molecule has 2 heterocycles. The fourth-order valence-electron chi connectivity index (χ4n) is 1.92. The predicted octanol–water partition coefficient (Wildman–Crippen LogP) is 2.09. The van der Waals surface area contributed by atoms with Crippen LogP contribution in [0.3, 0.4) is 0 Å². The first-order valence-corrected chi connectivity index (χ1v) is 8.61. The summed E-state index contributed by atoms with van der Waals surface area (Å²) in [7, 11) is -1.95. The first-order chi connectivity index (χ1) is 9.53. The lowest BCUT2D eigenvalue weighted by molar-refractivity contribution is 0.557. The molecule has 2 aromatic rings. The third kappa shape index (κ3) is 3.56. The van der Waals surface area contributed by atoms with Crippen molar-refractivity contribution in [3.63, 3.8) is 0 Å². The van der Waals surface area contributed by atoms with Crippen molar-refractivity contribution < 1.29 is 8.42 Å². The maximum atomic E-state index is 12.3. The van der Waals surface area contributed by atoms with Crippen LogP contribution in [-0.2, 0) is 16.4 Å². The molecule has 1 unspecified atom stereocenters. The molecule has 1 atom stereocenters. The molecular formula is C13H17N3O2S2. The monoisotopic (exact) mass is 311 g/mol. The lowest BCUT2D eigenvalue weighted by atomic mass is 10.1. The minimum Gasteiger partial charge on any atom is -0.386 e. The van der Waals surface area contributed by atoms with E-state index >= 15 is 0 Å². The van der Waals surface area contributed by atoms with E-state index in [-0.39, 0.29) is 11.1 Å². The molecule has 108 valence electrons. The van der Waals surface area contributed by atoms with Crippen molar-refractivity contribution in [1.29, 1.82) is 0 Å². The summed E-state index contributed by atoms with van der Waals surface area (Å²) in [5.74, 6) is 0. The van der Waals surface area contributed by atoms with E-state index in [1.165, 1.54) is 6.20 Å². The Morgan fingerprint density at radius 2 is 2.20 bits per heavy atom. The first kappa shape index (κ1) is 15.0. The highest BCUT2D eigenvalue weighted by Crippen LogP contribution is 2.18. The zero-order valence-corrected chi connectivity index (χ0v) is 13.0. The van der Waals surface area contributed by atoms with Crippen molar-refractivity contribution in [2.75, 3.05) is 12.4 Å². The van der Waals surface area contributed by atoms with E-state index in [1.807, 2.05) is 23.8 Å². The molecule has 0 fully saturated rings. The average Bonchev–Trinajstić information content (AvgIpc) is 2.90. The number of pyridine rings is 1. The van der Waals surface area contributed by atoms with Gasteiger partial charge in [-0.25, -0.2) is 18.1 Å². The van der Waals surface area contributed by atoms with Crippen molar-refractivity contribution >= 4 is 27.0 Å². The van der Waals surface area contributed by atoms with Gasteiger partial charge in [0.05, 0.1) is 5.69 Å². The second-order valence-electron chi connectivity index (χ2n) is 4.46. The Labute approximate surface area is 123 Å². The van der Waals surface area contributed by atoms with Gasteiger partial charge in [0.15, 0.2) is 5.03 Å². The molecular weight excluding hydrogens is 294 g/mol. The minimum atomic E-state index is -3.63. The Balaban J connectivity index is 2.14. The highest BCUT2D eigenvalue weighted by molar-refractivity contribution is 7.89. The van der Waals surface area contributed by atoms with Gasteiger partial charge in [0, 0.05) is 19.3 Å². The summed E-state index contributed by atoms with van der Waals surface area (Å²) in [5.41, 5.74) is 1.61. The SMILES string of the molecule is CNc1cccnc1S(=O)(=O)NC(C)Cc1ccsc1. The van der Waals surface area contributed by atoms with Gasteiger partial charge in [-0.05, 0) is 47.9 Å². The maximum Gasteiger partial charge on any atom is 0.260 e. The summed E-state index contributed by atoms with van der Waals surface area (Å²) in [4.78, 5) is 3.96. The predicted molar refractivity (Wildman–Crippen MR) is 81.6 cm³/mol. The third-order valence-corrected chi connectivity index (χ3v) is 5.05. The summed E-state index contributed by atoms with van der Waals surface area (Å²) in [5, 5.41) is 6.87. The Morgan fingerprint density at radius 3 is 2.85 bits per heavy atom. The lowest BCUT2D eigenvalue weighted by Crippen LogP contribution is -2.34. The second kappa shape index (κ2) is 6.34. The van der Waals surface area contributed by atoms with Gasteiger partial charge in [-0.2, -0.15) is 11.3 Å². The fourth-order valence-corrected chi connectivity index (χ4v) is 3.99. The molecule has 0 aliphatic heterocycles. The summed E-state index contributed by atoms with van der Waals surface area (Å²) in [6.45, 7) is 1.84. The van der Waals surface area contributed by atoms with Crippen LogP contribution in [0.15, 0.2) is 40.2 Å². The van der Waals surface area contributed by atoms with E-state index in [2.05, 4.69) is 15.0 Å². The van der Waals surface area contributed by atoms with Gasteiger partial charge in [0.1, 0.15) is 0 Å². The molecule has 0 spiro atoms. The highest BCUT2D eigenvalue weighted by atomic mass is 32.2. The first-order valence-electron chi connectivity index (χ1n) is 6.19. The van der Waals surface area contributed by atoms with Gasteiger partial charge in [0.2, 0.25) is 0 Å². The van der Waals surface area contributed by atoms with Crippen molar-refractivity contribution in [2.24, 2.45) is 0 Å². The van der Waals surface area contributed by atoms with E-state index in [0.717, 1.165) is 5.56 Å². The Morgan fingerprint density at radius 1 is 1.40 bits per heavy atom. The standard InChI is InChI=1S/C13H17N3O2S2/c1-10(8-11-5-7-19-9-11)16-20(17,18)13-12(14-2)4-3-6-15-13/h3-7,9-10,14,16H,8H2,1-2H3. The largest absolute Gasteiger partial charge is 0.386 e. The van der Waals surface area contributed by atoms with Gasteiger partial charge in [-0.1, -0.05) is 0 Å². The van der Waals surface area contributed by atoms with Crippen LogP contribution in [0.25, 0.3) is 0 Å². The van der Waals surface area contributed by atoms with E-state index in [9.17, 15) is 8.42 Å². The zero-order valence-electron chi connectivity index (χ0n) is 11.3. The summed E-state index contributed by atoms with van der Waals surface area (Å²) in [6, 6.07) is 5.18. The topological polar surface area (TPSA) is 71.1 Å². The summed E-state index contributed by atoms with van der Waals surface area (Å²) in [6.07, 6.45) is 2.13. The normalized spacial score (nSPS) is 13.1. The van der Waals surface area contributed by atoms with Crippen molar-refractivity contribution in [3.8, 4) is 0 Å². The molecule has 0 saturated carbocycles.